The lowest BCUT2D eigenvalue weighted by Crippen LogP contribution is -2.36. The first-order valence-electron chi connectivity index (χ1n) is 7.85. The normalized spacial score (nSPS) is 11.7. The van der Waals surface area contributed by atoms with E-state index in [2.05, 4.69) is 9.97 Å². The summed E-state index contributed by atoms with van der Waals surface area (Å²) in [5.41, 5.74) is 0.961. The van der Waals surface area contributed by atoms with Crippen molar-refractivity contribution < 1.29 is 4.79 Å². The first-order chi connectivity index (χ1) is 11.5. The van der Waals surface area contributed by atoms with E-state index in [9.17, 15) is 4.79 Å². The molecule has 2 heterocycles. The van der Waals surface area contributed by atoms with Crippen molar-refractivity contribution in [2.45, 2.75) is 26.4 Å². The molecule has 3 aromatic rings. The second-order valence-corrected chi connectivity index (χ2v) is 6.93. The number of rotatable bonds is 5. The summed E-state index contributed by atoms with van der Waals surface area (Å²) in [5.74, 6) is 0.831. The summed E-state index contributed by atoms with van der Waals surface area (Å²) >= 11 is 1.58. The van der Waals surface area contributed by atoms with Gasteiger partial charge in [-0.25, -0.2) is 9.97 Å². The van der Waals surface area contributed by atoms with E-state index in [1.54, 1.807) is 34.6 Å². The number of nitrogens with zero attached hydrogens (tertiary/aromatic N) is 4. The summed E-state index contributed by atoms with van der Waals surface area (Å²) < 4.78 is 3.05. The maximum Gasteiger partial charge on any atom is 0.247 e. The van der Waals surface area contributed by atoms with E-state index < -0.39 is 0 Å². The van der Waals surface area contributed by atoms with Crippen LogP contribution in [0.25, 0.3) is 16.3 Å². The lowest BCUT2D eigenvalue weighted by Gasteiger charge is -2.25. The van der Waals surface area contributed by atoms with Gasteiger partial charge in [0.25, 0.3) is 0 Å². The Labute approximate surface area is 145 Å². The van der Waals surface area contributed by atoms with E-state index in [-0.39, 0.29) is 11.9 Å². The largest absolute Gasteiger partial charge is 0.337 e. The number of amides is 1. The average molecular weight is 340 g/mol. The molecule has 3 rings (SSSR count). The molecule has 0 radical (unpaired) electrons. The molecule has 0 aliphatic heterocycles. The Balaban J connectivity index is 1.76. The van der Waals surface area contributed by atoms with Crippen LogP contribution in [0, 0.1) is 0 Å². The van der Waals surface area contributed by atoms with Gasteiger partial charge in [0.15, 0.2) is 0 Å². The summed E-state index contributed by atoms with van der Waals surface area (Å²) in [6.45, 7) is 4.50. The minimum Gasteiger partial charge on any atom is -0.337 e. The van der Waals surface area contributed by atoms with Gasteiger partial charge in [0.1, 0.15) is 10.8 Å². The lowest BCUT2D eigenvalue weighted by atomic mass is 10.3. The maximum absolute atomic E-state index is 12.6. The Morgan fingerprint density at radius 3 is 2.83 bits per heavy atom. The predicted molar refractivity (Wildman–Crippen MR) is 97.5 cm³/mol. The molecule has 0 aliphatic carbocycles. The molecule has 124 valence electrons. The van der Waals surface area contributed by atoms with Crippen LogP contribution in [0.2, 0.25) is 0 Å². The van der Waals surface area contributed by atoms with Crippen LogP contribution in [0.1, 0.15) is 24.7 Å². The molecule has 24 heavy (non-hydrogen) atoms. The number of hydrogen-bond donors (Lipinski definition) is 0. The van der Waals surface area contributed by atoms with Gasteiger partial charge in [-0.1, -0.05) is 12.1 Å². The third-order valence-corrected chi connectivity index (χ3v) is 4.82. The highest BCUT2D eigenvalue weighted by Crippen LogP contribution is 2.22. The quantitative estimate of drug-likeness (QED) is 0.668. The van der Waals surface area contributed by atoms with Crippen LogP contribution in [0.15, 0.2) is 42.7 Å². The van der Waals surface area contributed by atoms with E-state index in [1.807, 2.05) is 55.9 Å². The molecule has 0 N–H and O–H groups in total. The van der Waals surface area contributed by atoms with Crippen molar-refractivity contribution in [1.82, 2.24) is 19.4 Å². The summed E-state index contributed by atoms with van der Waals surface area (Å²) in [6, 6.07) is 8.06. The number of thiazole rings is 1. The Bertz CT molecular complexity index is 845. The van der Waals surface area contributed by atoms with Crippen LogP contribution in [-0.4, -0.2) is 31.4 Å². The number of imidazole rings is 1. The predicted octanol–water partition coefficient (Wildman–Crippen LogP) is 3.48. The van der Waals surface area contributed by atoms with Crippen LogP contribution in [0.3, 0.4) is 0 Å². The van der Waals surface area contributed by atoms with Gasteiger partial charge in [-0.15, -0.1) is 11.3 Å². The minimum absolute atomic E-state index is 0.0349. The number of aryl methyl sites for hydroxylation is 1. The number of benzene rings is 1. The van der Waals surface area contributed by atoms with Crippen LogP contribution in [0.5, 0.6) is 0 Å². The highest BCUT2D eigenvalue weighted by Gasteiger charge is 2.17. The second kappa shape index (κ2) is 6.97. The van der Waals surface area contributed by atoms with Gasteiger partial charge in [0.2, 0.25) is 5.91 Å². The van der Waals surface area contributed by atoms with Gasteiger partial charge in [0.05, 0.1) is 16.8 Å². The van der Waals surface area contributed by atoms with Crippen molar-refractivity contribution in [2.75, 3.05) is 0 Å². The zero-order valence-electron chi connectivity index (χ0n) is 14.0. The summed E-state index contributed by atoms with van der Waals surface area (Å²) in [4.78, 5) is 23.2. The molecular formula is C18H20N4OS. The van der Waals surface area contributed by atoms with Gasteiger partial charge in [-0.2, -0.15) is 0 Å². The topological polar surface area (TPSA) is 51.0 Å². The summed E-state index contributed by atoms with van der Waals surface area (Å²) in [5, 5.41) is 0.838. The highest BCUT2D eigenvalue weighted by atomic mass is 32.1. The molecule has 1 aromatic carbocycles. The third-order valence-electron chi connectivity index (χ3n) is 3.82. The SMILES string of the molecule is CC(C)N(Cc1nccn1C)C(=O)/C=C/c1nc2ccccc2s1. The fraction of sp³-hybridized carbons (Fsp3) is 0.278. The molecule has 0 atom stereocenters. The van der Waals surface area contributed by atoms with Crippen molar-refractivity contribution in [3.05, 3.63) is 53.6 Å². The van der Waals surface area contributed by atoms with Crippen molar-refractivity contribution in [3.8, 4) is 0 Å². The Morgan fingerprint density at radius 1 is 1.38 bits per heavy atom. The molecule has 0 fully saturated rings. The van der Waals surface area contributed by atoms with Gasteiger partial charge in [0, 0.05) is 31.6 Å². The van der Waals surface area contributed by atoms with E-state index >= 15 is 0 Å². The molecule has 6 heteroatoms. The summed E-state index contributed by atoms with van der Waals surface area (Å²) in [6.07, 6.45) is 7.02. The average Bonchev–Trinajstić information content (AvgIpc) is 3.15. The van der Waals surface area contributed by atoms with Crippen molar-refractivity contribution >= 4 is 33.5 Å². The monoisotopic (exact) mass is 340 g/mol. The molecule has 0 bridgehead atoms. The fourth-order valence-electron chi connectivity index (χ4n) is 2.42. The van der Waals surface area contributed by atoms with Crippen LogP contribution < -0.4 is 0 Å². The van der Waals surface area contributed by atoms with Crippen molar-refractivity contribution in [1.29, 1.82) is 0 Å². The molecule has 0 unspecified atom stereocenters. The molecule has 0 aliphatic rings. The van der Waals surface area contributed by atoms with E-state index in [0.717, 1.165) is 21.0 Å². The number of aromatic nitrogens is 3. The van der Waals surface area contributed by atoms with E-state index in [1.165, 1.54) is 0 Å². The van der Waals surface area contributed by atoms with Crippen LogP contribution in [0.4, 0.5) is 0 Å². The van der Waals surface area contributed by atoms with Gasteiger partial charge >= 0.3 is 0 Å². The van der Waals surface area contributed by atoms with Gasteiger partial charge in [-0.05, 0) is 32.1 Å². The first kappa shape index (κ1) is 16.4. The Morgan fingerprint density at radius 2 is 2.17 bits per heavy atom. The summed E-state index contributed by atoms with van der Waals surface area (Å²) in [7, 11) is 1.93. The molecule has 0 spiro atoms. The number of carbonyl (C=O) groups excluding carboxylic acids is 1. The number of hydrogen-bond acceptors (Lipinski definition) is 4. The molecule has 2 aromatic heterocycles. The standard InChI is InChI=1S/C18H20N4OS/c1-13(2)22(12-16-19-10-11-21(16)3)18(23)9-8-17-20-14-6-4-5-7-15(14)24-17/h4-11,13H,12H2,1-3H3/b9-8+. The minimum atomic E-state index is -0.0349. The van der Waals surface area contributed by atoms with Crippen molar-refractivity contribution in [3.63, 3.8) is 0 Å². The number of carbonyl (C=O) groups is 1. The van der Waals surface area contributed by atoms with Crippen molar-refractivity contribution in [2.24, 2.45) is 7.05 Å². The first-order valence-corrected chi connectivity index (χ1v) is 8.66. The maximum atomic E-state index is 12.6. The molecule has 0 saturated carbocycles. The van der Waals surface area contributed by atoms with Crippen LogP contribution >= 0.6 is 11.3 Å². The Kier molecular flexibility index (Phi) is 4.76. The van der Waals surface area contributed by atoms with Crippen LogP contribution in [-0.2, 0) is 18.4 Å². The molecule has 5 nitrogen and oxygen atoms in total. The third kappa shape index (κ3) is 3.54. The zero-order valence-corrected chi connectivity index (χ0v) is 14.8. The second-order valence-electron chi connectivity index (χ2n) is 5.87. The number of fused-ring (bicyclic) bond motifs is 1. The molecule has 1 amide bonds. The molecular weight excluding hydrogens is 320 g/mol. The molecule has 0 saturated heterocycles. The van der Waals surface area contributed by atoms with E-state index in [4.69, 9.17) is 0 Å². The zero-order chi connectivity index (χ0) is 17.1. The smallest absolute Gasteiger partial charge is 0.247 e. The number of para-hydroxylation sites is 1. The Hall–Kier alpha value is -2.47. The highest BCUT2D eigenvalue weighted by molar-refractivity contribution is 7.19. The fourth-order valence-corrected chi connectivity index (χ4v) is 3.29. The van der Waals surface area contributed by atoms with E-state index in [0.29, 0.717) is 6.54 Å². The van der Waals surface area contributed by atoms with Gasteiger partial charge < -0.3 is 9.47 Å². The van der Waals surface area contributed by atoms with Gasteiger partial charge in [-0.3, -0.25) is 4.79 Å². The lowest BCUT2D eigenvalue weighted by molar-refractivity contribution is -0.128.